The van der Waals surface area contributed by atoms with E-state index in [-0.39, 0.29) is 12.0 Å². The highest BCUT2D eigenvalue weighted by Gasteiger charge is 2.11. The van der Waals surface area contributed by atoms with E-state index in [0.717, 1.165) is 6.42 Å². The van der Waals surface area contributed by atoms with E-state index in [2.05, 4.69) is 21.9 Å². The Morgan fingerprint density at radius 1 is 1.19 bits per heavy atom. The van der Waals surface area contributed by atoms with E-state index in [4.69, 9.17) is 21.1 Å². The van der Waals surface area contributed by atoms with Crippen LogP contribution in [0.5, 0.6) is 12.0 Å². The molecule has 0 radical (unpaired) electrons. The Labute approximate surface area is 104 Å². The van der Waals surface area contributed by atoms with Gasteiger partial charge in [0.05, 0.1) is 14.2 Å². The number of alkyl halides is 1. The molecule has 0 bridgehead atoms. The van der Waals surface area contributed by atoms with E-state index in [1.165, 1.54) is 26.0 Å². The molecule has 0 fully saturated rings. The van der Waals surface area contributed by atoms with Crippen LogP contribution in [0.3, 0.4) is 0 Å². The molecule has 0 N–H and O–H groups in total. The maximum Gasteiger partial charge on any atom is 0.323 e. The Hall–Kier alpha value is -0.750. The van der Waals surface area contributed by atoms with Gasteiger partial charge in [-0.1, -0.05) is 18.7 Å². The molecule has 0 amide bonds. The molecule has 1 atom stereocenters. The highest BCUT2D eigenvalue weighted by atomic mass is 35.5. The third-order valence-corrected chi connectivity index (χ3v) is 3.01. The summed E-state index contributed by atoms with van der Waals surface area (Å²) in [4.78, 5) is 12.2. The summed E-state index contributed by atoms with van der Waals surface area (Å²) >= 11 is 7.18. The summed E-state index contributed by atoms with van der Waals surface area (Å²) in [5.41, 5.74) is 0. The average Bonchev–Trinajstić information content (AvgIpc) is 2.28. The third kappa shape index (κ3) is 4.02. The first-order valence-corrected chi connectivity index (χ1v) is 6.17. The van der Waals surface area contributed by atoms with Gasteiger partial charge >= 0.3 is 12.0 Å². The summed E-state index contributed by atoms with van der Waals surface area (Å²) < 4.78 is 9.91. The number of aromatic nitrogens is 3. The van der Waals surface area contributed by atoms with E-state index < -0.39 is 0 Å². The van der Waals surface area contributed by atoms with E-state index in [0.29, 0.717) is 16.3 Å². The van der Waals surface area contributed by atoms with Crippen molar-refractivity contribution in [2.45, 2.75) is 23.8 Å². The molecule has 0 aliphatic rings. The van der Waals surface area contributed by atoms with Crippen LogP contribution in [0.1, 0.15) is 13.3 Å². The van der Waals surface area contributed by atoms with Gasteiger partial charge in [-0.25, -0.2) is 0 Å². The lowest BCUT2D eigenvalue weighted by atomic mass is 10.4. The monoisotopic (exact) mass is 263 g/mol. The SMILES string of the molecule is COc1nc(OC)nc(SC(C)CCCl)n1. The molecule has 1 aromatic rings. The highest BCUT2D eigenvalue weighted by molar-refractivity contribution is 7.99. The molecular weight excluding hydrogens is 250 g/mol. The minimum Gasteiger partial charge on any atom is -0.467 e. The Kier molecular flexibility index (Phi) is 5.62. The number of hydrogen-bond acceptors (Lipinski definition) is 6. The molecule has 1 heterocycles. The minimum absolute atomic E-state index is 0.257. The molecule has 5 nitrogen and oxygen atoms in total. The lowest BCUT2D eigenvalue weighted by Gasteiger charge is -2.08. The Bertz CT molecular complexity index is 318. The van der Waals surface area contributed by atoms with E-state index in [1.54, 1.807) is 0 Å². The summed E-state index contributed by atoms with van der Waals surface area (Å²) in [7, 11) is 3.01. The molecule has 1 aromatic heterocycles. The number of hydrogen-bond donors (Lipinski definition) is 0. The van der Waals surface area contributed by atoms with Crippen LogP contribution < -0.4 is 9.47 Å². The largest absolute Gasteiger partial charge is 0.467 e. The number of halogens is 1. The molecule has 7 heteroatoms. The Balaban J connectivity index is 2.78. The van der Waals surface area contributed by atoms with Crippen molar-refractivity contribution in [3.8, 4) is 12.0 Å². The first kappa shape index (κ1) is 13.3. The smallest absolute Gasteiger partial charge is 0.323 e. The number of thioether (sulfide) groups is 1. The number of methoxy groups -OCH3 is 2. The Morgan fingerprint density at radius 3 is 2.19 bits per heavy atom. The van der Waals surface area contributed by atoms with Crippen molar-refractivity contribution in [1.82, 2.24) is 15.0 Å². The summed E-state index contributed by atoms with van der Waals surface area (Å²) in [6, 6.07) is 0.514. The first-order valence-electron chi connectivity index (χ1n) is 4.76. The molecule has 0 saturated carbocycles. The minimum atomic E-state index is 0.257. The zero-order valence-electron chi connectivity index (χ0n) is 9.44. The normalized spacial score (nSPS) is 12.2. The third-order valence-electron chi connectivity index (χ3n) is 1.76. The summed E-state index contributed by atoms with van der Waals surface area (Å²) in [5, 5.41) is 0.927. The molecule has 90 valence electrons. The molecule has 0 aliphatic heterocycles. The topological polar surface area (TPSA) is 57.1 Å². The fourth-order valence-electron chi connectivity index (χ4n) is 0.948. The van der Waals surface area contributed by atoms with Crippen molar-refractivity contribution in [2.24, 2.45) is 0 Å². The van der Waals surface area contributed by atoms with Crippen LogP contribution in [0.4, 0.5) is 0 Å². The summed E-state index contributed by atoms with van der Waals surface area (Å²) in [5.74, 6) is 0.619. The molecule has 0 spiro atoms. The molecule has 0 aliphatic carbocycles. The van der Waals surface area contributed by atoms with Crippen LogP contribution in [0, 0.1) is 0 Å². The predicted molar refractivity (Wildman–Crippen MR) is 63.6 cm³/mol. The molecule has 16 heavy (non-hydrogen) atoms. The second kappa shape index (κ2) is 6.75. The molecule has 0 saturated heterocycles. The fraction of sp³-hybridized carbons (Fsp3) is 0.667. The van der Waals surface area contributed by atoms with Crippen molar-refractivity contribution in [1.29, 1.82) is 0 Å². The van der Waals surface area contributed by atoms with Gasteiger partial charge in [0, 0.05) is 11.1 Å². The van der Waals surface area contributed by atoms with E-state index >= 15 is 0 Å². The van der Waals surface area contributed by atoms with E-state index in [9.17, 15) is 0 Å². The number of nitrogens with zero attached hydrogens (tertiary/aromatic N) is 3. The van der Waals surface area contributed by atoms with Crippen LogP contribution in [-0.2, 0) is 0 Å². The average molecular weight is 264 g/mol. The van der Waals surface area contributed by atoms with Crippen molar-refractivity contribution < 1.29 is 9.47 Å². The van der Waals surface area contributed by atoms with Gasteiger partial charge < -0.3 is 9.47 Å². The lowest BCUT2D eigenvalue weighted by Crippen LogP contribution is -2.03. The van der Waals surface area contributed by atoms with Gasteiger partial charge in [-0.15, -0.1) is 16.6 Å². The van der Waals surface area contributed by atoms with Gasteiger partial charge in [0.15, 0.2) is 5.16 Å². The summed E-state index contributed by atoms with van der Waals surface area (Å²) in [6.07, 6.45) is 0.891. The molecular formula is C9H14ClN3O2S. The van der Waals surface area contributed by atoms with Crippen LogP contribution >= 0.6 is 23.4 Å². The van der Waals surface area contributed by atoms with Crippen molar-refractivity contribution in [3.05, 3.63) is 0 Å². The quantitative estimate of drug-likeness (QED) is 0.578. The van der Waals surface area contributed by atoms with Gasteiger partial charge in [-0.2, -0.15) is 9.97 Å². The zero-order valence-corrected chi connectivity index (χ0v) is 11.0. The van der Waals surface area contributed by atoms with Crippen molar-refractivity contribution in [3.63, 3.8) is 0 Å². The summed E-state index contributed by atoms with van der Waals surface area (Å²) in [6.45, 7) is 2.07. The van der Waals surface area contributed by atoms with Gasteiger partial charge in [-0.3, -0.25) is 0 Å². The predicted octanol–water partition coefficient (Wildman–Crippen LogP) is 2.00. The maximum absolute atomic E-state index is 5.66. The van der Waals surface area contributed by atoms with E-state index in [1.807, 2.05) is 0 Å². The van der Waals surface area contributed by atoms with Gasteiger partial charge in [0.1, 0.15) is 0 Å². The van der Waals surface area contributed by atoms with Crippen LogP contribution in [0.25, 0.3) is 0 Å². The first-order chi connectivity index (χ1) is 7.69. The van der Waals surface area contributed by atoms with Gasteiger partial charge in [0.2, 0.25) is 0 Å². The van der Waals surface area contributed by atoms with Crippen molar-refractivity contribution in [2.75, 3.05) is 20.1 Å². The number of ether oxygens (including phenoxy) is 2. The second-order valence-corrected chi connectivity index (χ2v) is 4.78. The van der Waals surface area contributed by atoms with Gasteiger partial charge in [-0.05, 0) is 6.42 Å². The van der Waals surface area contributed by atoms with Crippen molar-refractivity contribution >= 4 is 23.4 Å². The standard InChI is InChI=1S/C9H14ClN3O2S/c1-6(4-5-10)16-9-12-7(14-2)11-8(13-9)15-3/h6H,4-5H2,1-3H3. The Morgan fingerprint density at radius 2 is 1.75 bits per heavy atom. The zero-order chi connectivity index (χ0) is 12.0. The van der Waals surface area contributed by atoms with Crippen LogP contribution in [0.15, 0.2) is 5.16 Å². The highest BCUT2D eigenvalue weighted by Crippen LogP contribution is 2.24. The number of rotatable bonds is 6. The fourth-order valence-corrected chi connectivity index (χ4v) is 2.26. The molecule has 0 aromatic carbocycles. The molecule has 1 unspecified atom stereocenters. The van der Waals surface area contributed by atoms with Crippen LogP contribution in [-0.4, -0.2) is 40.3 Å². The maximum atomic E-state index is 5.66. The van der Waals surface area contributed by atoms with Gasteiger partial charge in [0.25, 0.3) is 0 Å². The lowest BCUT2D eigenvalue weighted by molar-refractivity contribution is 0.332. The molecule has 1 rings (SSSR count). The second-order valence-electron chi connectivity index (χ2n) is 3.00. The van der Waals surface area contributed by atoms with Crippen LogP contribution in [0.2, 0.25) is 0 Å².